The second kappa shape index (κ2) is 6.78. The molecule has 0 radical (unpaired) electrons. The fourth-order valence-corrected chi connectivity index (χ4v) is 3.27. The number of rotatable bonds is 3. The monoisotopic (exact) mass is 297 g/mol. The van der Waals surface area contributed by atoms with Crippen LogP contribution in [0, 0.1) is 0 Å². The van der Waals surface area contributed by atoms with Gasteiger partial charge < -0.3 is 20.2 Å². The number of amides is 3. The van der Waals surface area contributed by atoms with Crippen molar-refractivity contribution in [3.63, 3.8) is 0 Å². The highest BCUT2D eigenvalue weighted by Gasteiger charge is 2.38. The largest absolute Gasteiger partial charge is 0.481 e. The van der Waals surface area contributed by atoms with Crippen LogP contribution in [0.3, 0.4) is 0 Å². The van der Waals surface area contributed by atoms with Crippen LogP contribution in [0.2, 0.25) is 0 Å². The number of likely N-dealkylation sites (N-methyl/N-ethyl adjacent to an activating group) is 1. The summed E-state index contributed by atoms with van der Waals surface area (Å²) in [5.41, 5.74) is 0. The van der Waals surface area contributed by atoms with E-state index in [4.69, 9.17) is 5.11 Å². The molecule has 2 N–H and O–H groups in total. The summed E-state index contributed by atoms with van der Waals surface area (Å²) in [6.45, 7) is 1.14. The van der Waals surface area contributed by atoms with Crippen LogP contribution in [0.15, 0.2) is 0 Å². The molecule has 2 unspecified atom stereocenters. The highest BCUT2D eigenvalue weighted by atomic mass is 16.4. The molecule has 2 atom stereocenters. The van der Waals surface area contributed by atoms with Crippen molar-refractivity contribution in [2.24, 2.45) is 0 Å². The topological polar surface area (TPSA) is 90.0 Å². The van der Waals surface area contributed by atoms with E-state index in [9.17, 15) is 14.4 Å². The van der Waals surface area contributed by atoms with Gasteiger partial charge in [-0.1, -0.05) is 0 Å². The number of carbonyl (C=O) groups excluding carboxylic acids is 2. The third kappa shape index (κ3) is 3.46. The van der Waals surface area contributed by atoms with Crippen molar-refractivity contribution in [1.29, 1.82) is 0 Å². The average molecular weight is 297 g/mol. The molecule has 2 saturated heterocycles. The predicted octanol–water partition coefficient (Wildman–Crippen LogP) is 0.646. The Morgan fingerprint density at radius 2 is 1.81 bits per heavy atom. The first kappa shape index (κ1) is 15.6. The maximum atomic E-state index is 12.7. The Labute approximate surface area is 124 Å². The number of likely N-dealkylation sites (tertiary alicyclic amines) is 2. The first-order chi connectivity index (χ1) is 10.0. The van der Waals surface area contributed by atoms with Gasteiger partial charge in [-0.15, -0.1) is 0 Å². The second-order valence-corrected chi connectivity index (χ2v) is 5.69. The summed E-state index contributed by atoms with van der Waals surface area (Å²) in [6.07, 6.45) is 4.00. The van der Waals surface area contributed by atoms with Gasteiger partial charge in [0.15, 0.2) is 0 Å². The Morgan fingerprint density at radius 1 is 1.10 bits per heavy atom. The van der Waals surface area contributed by atoms with E-state index in [-0.39, 0.29) is 24.4 Å². The lowest BCUT2D eigenvalue weighted by Gasteiger charge is -2.38. The van der Waals surface area contributed by atoms with Crippen LogP contribution < -0.4 is 5.32 Å². The van der Waals surface area contributed by atoms with Crippen LogP contribution in [0.4, 0.5) is 4.79 Å². The average Bonchev–Trinajstić information content (AvgIpc) is 2.93. The first-order valence-electron chi connectivity index (χ1n) is 7.55. The number of carboxylic acids is 1. The lowest BCUT2D eigenvalue weighted by atomic mass is 10.0. The Morgan fingerprint density at radius 3 is 2.48 bits per heavy atom. The standard InChI is InChI=1S/C14H23N3O4/c1-15-13(20)11-6-2-3-7-17(11)14(21)16-8-4-5-10(16)9-12(18)19/h10-11H,2-9H2,1H3,(H,15,20)(H,18,19). The van der Waals surface area contributed by atoms with Gasteiger partial charge in [0.1, 0.15) is 6.04 Å². The van der Waals surface area contributed by atoms with Crippen LogP contribution in [0.5, 0.6) is 0 Å². The number of nitrogens with one attached hydrogen (secondary N) is 1. The van der Waals surface area contributed by atoms with Gasteiger partial charge in [-0.25, -0.2) is 4.79 Å². The highest BCUT2D eigenvalue weighted by Crippen LogP contribution is 2.25. The Bertz CT molecular complexity index is 426. The minimum absolute atomic E-state index is 0.0236. The molecule has 7 nitrogen and oxygen atoms in total. The smallest absolute Gasteiger partial charge is 0.320 e. The lowest BCUT2D eigenvalue weighted by molar-refractivity contribution is -0.138. The number of carbonyl (C=O) groups is 3. The van der Waals surface area contributed by atoms with Crippen molar-refractivity contribution in [3.05, 3.63) is 0 Å². The Kier molecular flexibility index (Phi) is 5.03. The molecule has 3 amide bonds. The van der Waals surface area contributed by atoms with Gasteiger partial charge in [0.05, 0.1) is 6.42 Å². The van der Waals surface area contributed by atoms with E-state index in [0.29, 0.717) is 19.5 Å². The lowest BCUT2D eigenvalue weighted by Crippen LogP contribution is -2.56. The second-order valence-electron chi connectivity index (χ2n) is 5.69. The molecule has 2 aliphatic rings. The summed E-state index contributed by atoms with van der Waals surface area (Å²) in [5, 5.41) is 11.6. The van der Waals surface area contributed by atoms with Crippen molar-refractivity contribution in [2.45, 2.75) is 50.6 Å². The van der Waals surface area contributed by atoms with E-state index < -0.39 is 12.0 Å². The summed E-state index contributed by atoms with van der Waals surface area (Å²) in [4.78, 5) is 38.8. The number of hydrogen-bond acceptors (Lipinski definition) is 3. The van der Waals surface area contributed by atoms with Crippen LogP contribution in [0.1, 0.15) is 38.5 Å². The van der Waals surface area contributed by atoms with E-state index >= 15 is 0 Å². The third-order valence-corrected chi connectivity index (χ3v) is 4.33. The molecule has 7 heteroatoms. The van der Waals surface area contributed by atoms with E-state index in [1.165, 1.54) is 0 Å². The summed E-state index contributed by atoms with van der Waals surface area (Å²) in [7, 11) is 1.57. The minimum atomic E-state index is -0.888. The van der Waals surface area contributed by atoms with Gasteiger partial charge in [-0.05, 0) is 32.1 Å². The molecule has 2 fully saturated rings. The van der Waals surface area contributed by atoms with Gasteiger partial charge in [0.2, 0.25) is 5.91 Å². The zero-order valence-corrected chi connectivity index (χ0v) is 12.4. The third-order valence-electron chi connectivity index (χ3n) is 4.33. The number of hydrogen-bond donors (Lipinski definition) is 2. The fraction of sp³-hybridized carbons (Fsp3) is 0.786. The molecule has 2 rings (SSSR count). The van der Waals surface area contributed by atoms with Crippen molar-refractivity contribution in [3.8, 4) is 0 Å². The van der Waals surface area contributed by atoms with Crippen LogP contribution in [0.25, 0.3) is 0 Å². The van der Waals surface area contributed by atoms with Crippen molar-refractivity contribution >= 4 is 17.9 Å². The molecule has 0 aromatic carbocycles. The van der Waals surface area contributed by atoms with Gasteiger partial charge in [0.25, 0.3) is 0 Å². The summed E-state index contributed by atoms with van der Waals surface area (Å²) >= 11 is 0. The number of piperidine rings is 1. The molecule has 0 aromatic rings. The summed E-state index contributed by atoms with van der Waals surface area (Å²) < 4.78 is 0. The minimum Gasteiger partial charge on any atom is -0.481 e. The summed E-state index contributed by atoms with van der Waals surface area (Å²) in [5.74, 6) is -1.03. The first-order valence-corrected chi connectivity index (χ1v) is 7.55. The van der Waals surface area contributed by atoms with E-state index in [1.807, 2.05) is 0 Å². The maximum Gasteiger partial charge on any atom is 0.320 e. The maximum absolute atomic E-state index is 12.7. The number of aliphatic carboxylic acids is 1. The van der Waals surface area contributed by atoms with Crippen LogP contribution in [-0.4, -0.2) is 65.0 Å². The molecule has 0 aliphatic carbocycles. The van der Waals surface area contributed by atoms with Gasteiger partial charge >= 0.3 is 12.0 Å². The molecule has 0 spiro atoms. The quantitative estimate of drug-likeness (QED) is 0.800. The molecule has 2 heterocycles. The Balaban J connectivity index is 2.09. The molecule has 2 aliphatic heterocycles. The van der Waals surface area contributed by atoms with Crippen molar-refractivity contribution in [1.82, 2.24) is 15.1 Å². The van der Waals surface area contributed by atoms with Crippen LogP contribution >= 0.6 is 0 Å². The zero-order chi connectivity index (χ0) is 15.4. The van der Waals surface area contributed by atoms with Gasteiger partial charge in [0, 0.05) is 26.2 Å². The van der Waals surface area contributed by atoms with E-state index in [1.54, 1.807) is 16.8 Å². The predicted molar refractivity (Wildman–Crippen MR) is 75.8 cm³/mol. The van der Waals surface area contributed by atoms with Crippen LogP contribution in [-0.2, 0) is 9.59 Å². The molecule has 0 aromatic heterocycles. The molecule has 21 heavy (non-hydrogen) atoms. The number of urea groups is 1. The Hall–Kier alpha value is -1.79. The number of carboxylic acid groups (broad SMARTS) is 1. The molecule has 118 valence electrons. The molecule has 0 bridgehead atoms. The normalized spacial score (nSPS) is 25.8. The van der Waals surface area contributed by atoms with E-state index in [2.05, 4.69) is 5.32 Å². The fourth-order valence-electron chi connectivity index (χ4n) is 3.27. The van der Waals surface area contributed by atoms with Crippen molar-refractivity contribution < 1.29 is 19.5 Å². The van der Waals surface area contributed by atoms with Crippen molar-refractivity contribution in [2.75, 3.05) is 20.1 Å². The highest BCUT2D eigenvalue weighted by molar-refractivity contribution is 5.87. The number of nitrogens with zero attached hydrogens (tertiary/aromatic N) is 2. The molecular weight excluding hydrogens is 274 g/mol. The SMILES string of the molecule is CNC(=O)C1CCCCN1C(=O)N1CCCC1CC(=O)O. The molecular formula is C14H23N3O4. The summed E-state index contributed by atoms with van der Waals surface area (Å²) in [6, 6.07) is -0.864. The van der Waals surface area contributed by atoms with Gasteiger partial charge in [-0.3, -0.25) is 9.59 Å². The van der Waals surface area contributed by atoms with Gasteiger partial charge in [-0.2, -0.15) is 0 Å². The van der Waals surface area contributed by atoms with E-state index in [0.717, 1.165) is 25.7 Å². The molecule has 0 saturated carbocycles. The zero-order valence-electron chi connectivity index (χ0n) is 12.4.